The van der Waals surface area contributed by atoms with Crippen LogP contribution in [0.25, 0.3) is 0 Å². The molecule has 2 saturated heterocycles. The molecule has 3 heterocycles. The van der Waals surface area contributed by atoms with Crippen LogP contribution in [0.15, 0.2) is 36.7 Å². The highest BCUT2D eigenvalue weighted by Crippen LogP contribution is 2.31. The van der Waals surface area contributed by atoms with Gasteiger partial charge in [0, 0.05) is 57.4 Å². The average Bonchev–Trinajstić information content (AvgIpc) is 3.26. The van der Waals surface area contributed by atoms with E-state index in [0.717, 1.165) is 63.4 Å². The van der Waals surface area contributed by atoms with Crippen LogP contribution in [0.4, 0.5) is 0 Å². The predicted molar refractivity (Wildman–Crippen MR) is 123 cm³/mol. The summed E-state index contributed by atoms with van der Waals surface area (Å²) in [4.78, 5) is 24.7. The Morgan fingerprint density at radius 3 is 2.81 bits per heavy atom. The van der Waals surface area contributed by atoms with E-state index >= 15 is 0 Å². The van der Waals surface area contributed by atoms with Gasteiger partial charge in [0.2, 0.25) is 5.91 Å². The standard InChI is InChI=1S/C25H36N4O3/c1-25(2)16-20(9-14-31-25)24(30)29-12-7-21(8-13-29)32-22-6-4-5-19(15-22)17-28(3)18-23-26-10-11-27-23/h4-6,10-11,15,20-21H,7-9,12-14,16-18H2,1-3H3,(H,26,27)/t20-/m1/s1. The molecule has 0 radical (unpaired) electrons. The molecule has 2 aromatic rings. The van der Waals surface area contributed by atoms with Crippen molar-refractivity contribution < 1.29 is 14.3 Å². The Balaban J connectivity index is 1.25. The van der Waals surface area contributed by atoms with E-state index in [2.05, 4.69) is 54.0 Å². The minimum absolute atomic E-state index is 0.0890. The SMILES string of the molecule is CN(Cc1cccc(OC2CCN(C(=O)[C@@H]3CCOC(C)(C)C3)CC2)c1)Cc1ncc[nH]1. The summed E-state index contributed by atoms with van der Waals surface area (Å²) in [5, 5.41) is 0. The van der Waals surface area contributed by atoms with Crippen LogP contribution in [-0.4, -0.2) is 64.1 Å². The number of imidazole rings is 1. The quantitative estimate of drug-likeness (QED) is 0.712. The maximum Gasteiger partial charge on any atom is 0.225 e. The van der Waals surface area contributed by atoms with Crippen LogP contribution in [0.2, 0.25) is 0 Å². The third kappa shape index (κ3) is 6.11. The number of H-pyrrole nitrogens is 1. The fourth-order valence-electron chi connectivity index (χ4n) is 4.81. The van der Waals surface area contributed by atoms with Crippen molar-refractivity contribution in [3.8, 4) is 5.75 Å². The number of hydrogen-bond donors (Lipinski definition) is 1. The molecule has 1 amide bonds. The highest BCUT2D eigenvalue weighted by molar-refractivity contribution is 5.79. The lowest BCUT2D eigenvalue weighted by Gasteiger charge is -2.39. The summed E-state index contributed by atoms with van der Waals surface area (Å²) >= 11 is 0. The molecule has 0 bridgehead atoms. The Kier molecular flexibility index (Phi) is 7.16. The average molecular weight is 441 g/mol. The normalized spacial score (nSPS) is 21.6. The van der Waals surface area contributed by atoms with Gasteiger partial charge in [-0.05, 0) is 51.4 Å². The molecular formula is C25H36N4O3. The molecule has 0 saturated carbocycles. The van der Waals surface area contributed by atoms with Gasteiger partial charge in [0.1, 0.15) is 17.7 Å². The number of carbonyl (C=O) groups excluding carboxylic acids is 1. The number of piperidine rings is 1. The number of rotatable bonds is 7. The topological polar surface area (TPSA) is 70.7 Å². The number of likely N-dealkylation sites (tertiary alicyclic amines) is 1. The highest BCUT2D eigenvalue weighted by atomic mass is 16.5. The van der Waals surface area contributed by atoms with Crippen LogP contribution in [0, 0.1) is 5.92 Å². The Bertz CT molecular complexity index is 875. The van der Waals surface area contributed by atoms with Crippen molar-refractivity contribution in [2.24, 2.45) is 5.92 Å². The number of benzene rings is 1. The summed E-state index contributed by atoms with van der Waals surface area (Å²) in [6.45, 7) is 7.97. The number of hydrogen-bond acceptors (Lipinski definition) is 5. The molecule has 4 rings (SSSR count). The molecule has 0 aliphatic carbocycles. The Morgan fingerprint density at radius 2 is 2.09 bits per heavy atom. The number of aromatic nitrogens is 2. The second-order valence-corrected chi connectivity index (χ2v) is 9.80. The molecule has 7 nitrogen and oxygen atoms in total. The third-order valence-electron chi connectivity index (χ3n) is 6.43. The Labute approximate surface area is 191 Å². The van der Waals surface area contributed by atoms with Gasteiger partial charge in [0.15, 0.2) is 0 Å². The van der Waals surface area contributed by atoms with Crippen molar-refractivity contribution in [1.82, 2.24) is 19.8 Å². The maximum absolute atomic E-state index is 13.0. The molecule has 174 valence electrons. The highest BCUT2D eigenvalue weighted by Gasteiger charge is 2.36. The molecule has 0 spiro atoms. The van der Waals surface area contributed by atoms with Gasteiger partial charge in [0.05, 0.1) is 12.1 Å². The minimum Gasteiger partial charge on any atom is -0.490 e. The molecule has 1 aromatic heterocycles. The van der Waals surface area contributed by atoms with Crippen LogP contribution < -0.4 is 4.74 Å². The van der Waals surface area contributed by atoms with Crippen molar-refractivity contribution in [2.75, 3.05) is 26.7 Å². The lowest BCUT2D eigenvalue weighted by atomic mass is 9.87. The van der Waals surface area contributed by atoms with Gasteiger partial charge >= 0.3 is 0 Å². The number of aromatic amines is 1. The number of amides is 1. The summed E-state index contributed by atoms with van der Waals surface area (Å²) in [5.74, 6) is 2.25. The van der Waals surface area contributed by atoms with Gasteiger partial charge < -0.3 is 19.4 Å². The molecule has 32 heavy (non-hydrogen) atoms. The molecular weight excluding hydrogens is 404 g/mol. The second kappa shape index (κ2) is 10.0. The van der Waals surface area contributed by atoms with E-state index in [4.69, 9.17) is 9.47 Å². The third-order valence-corrected chi connectivity index (χ3v) is 6.43. The van der Waals surface area contributed by atoms with E-state index in [-0.39, 0.29) is 17.6 Å². The van der Waals surface area contributed by atoms with Gasteiger partial charge in [0.25, 0.3) is 0 Å². The first-order valence-electron chi connectivity index (χ1n) is 11.7. The van der Waals surface area contributed by atoms with Crippen LogP contribution in [0.3, 0.4) is 0 Å². The fourth-order valence-corrected chi connectivity index (χ4v) is 4.81. The van der Waals surface area contributed by atoms with E-state index in [1.54, 1.807) is 6.20 Å². The zero-order valence-electron chi connectivity index (χ0n) is 19.5. The summed E-state index contributed by atoms with van der Waals surface area (Å²) < 4.78 is 12.1. The Morgan fingerprint density at radius 1 is 1.28 bits per heavy atom. The minimum atomic E-state index is -0.197. The lowest BCUT2D eigenvalue weighted by Crippen LogP contribution is -2.47. The molecule has 2 fully saturated rings. The first-order chi connectivity index (χ1) is 15.4. The number of carbonyl (C=O) groups is 1. The van der Waals surface area contributed by atoms with Gasteiger partial charge in [-0.15, -0.1) is 0 Å². The van der Waals surface area contributed by atoms with Crippen LogP contribution in [0.5, 0.6) is 5.75 Å². The molecule has 2 aliphatic heterocycles. The maximum atomic E-state index is 13.0. The molecule has 0 unspecified atom stereocenters. The summed E-state index contributed by atoms with van der Waals surface area (Å²) in [6.07, 6.45) is 7.17. The molecule has 2 aliphatic rings. The van der Waals surface area contributed by atoms with Gasteiger partial charge in [-0.1, -0.05) is 12.1 Å². The zero-order chi connectivity index (χ0) is 22.6. The van der Waals surface area contributed by atoms with Crippen LogP contribution in [0.1, 0.15) is 50.9 Å². The number of ether oxygens (including phenoxy) is 2. The molecule has 1 N–H and O–H groups in total. The number of nitrogens with zero attached hydrogens (tertiary/aromatic N) is 3. The van der Waals surface area contributed by atoms with E-state index in [1.807, 2.05) is 17.2 Å². The first kappa shape index (κ1) is 22.8. The first-order valence-corrected chi connectivity index (χ1v) is 11.7. The van der Waals surface area contributed by atoms with Crippen molar-refractivity contribution in [3.63, 3.8) is 0 Å². The van der Waals surface area contributed by atoms with Gasteiger partial charge in [-0.3, -0.25) is 9.69 Å². The summed E-state index contributed by atoms with van der Waals surface area (Å²) in [7, 11) is 2.09. The van der Waals surface area contributed by atoms with E-state index in [1.165, 1.54) is 5.56 Å². The zero-order valence-corrected chi connectivity index (χ0v) is 19.5. The summed E-state index contributed by atoms with van der Waals surface area (Å²) in [6, 6.07) is 8.33. The number of nitrogens with one attached hydrogen (secondary N) is 1. The van der Waals surface area contributed by atoms with Gasteiger partial charge in [-0.2, -0.15) is 0 Å². The summed E-state index contributed by atoms with van der Waals surface area (Å²) in [5.41, 5.74) is 1.02. The Hall–Kier alpha value is -2.38. The molecule has 1 atom stereocenters. The second-order valence-electron chi connectivity index (χ2n) is 9.80. The van der Waals surface area contributed by atoms with Crippen molar-refractivity contribution in [1.29, 1.82) is 0 Å². The lowest BCUT2D eigenvalue weighted by molar-refractivity contribution is -0.147. The van der Waals surface area contributed by atoms with Crippen LogP contribution >= 0.6 is 0 Å². The van der Waals surface area contributed by atoms with Gasteiger partial charge in [-0.25, -0.2) is 4.98 Å². The largest absolute Gasteiger partial charge is 0.490 e. The van der Waals surface area contributed by atoms with Crippen molar-refractivity contribution in [2.45, 2.75) is 64.3 Å². The van der Waals surface area contributed by atoms with Crippen molar-refractivity contribution >= 4 is 5.91 Å². The predicted octanol–water partition coefficient (Wildman–Crippen LogP) is 3.62. The smallest absolute Gasteiger partial charge is 0.225 e. The van der Waals surface area contributed by atoms with E-state index in [9.17, 15) is 4.79 Å². The molecule has 7 heteroatoms. The fraction of sp³-hybridized carbons (Fsp3) is 0.600. The van der Waals surface area contributed by atoms with Crippen LogP contribution in [-0.2, 0) is 22.6 Å². The van der Waals surface area contributed by atoms with Crippen molar-refractivity contribution in [3.05, 3.63) is 48.0 Å². The van der Waals surface area contributed by atoms with E-state index in [0.29, 0.717) is 12.5 Å². The monoisotopic (exact) mass is 440 g/mol. The molecule has 1 aromatic carbocycles. The van der Waals surface area contributed by atoms with E-state index < -0.39 is 0 Å².